The zero-order valence-corrected chi connectivity index (χ0v) is 20.4. The van der Waals surface area contributed by atoms with Gasteiger partial charge < -0.3 is 10.6 Å². The first-order chi connectivity index (χ1) is 17.5. The molecule has 36 heavy (non-hydrogen) atoms. The summed E-state index contributed by atoms with van der Waals surface area (Å²) in [5.74, 6) is -0.989. The zero-order valence-electron chi connectivity index (χ0n) is 19.6. The molecule has 2 amide bonds. The maximum absolute atomic E-state index is 13.2. The first kappa shape index (κ1) is 24.6. The predicted octanol–water partition coefficient (Wildman–Crippen LogP) is 6.36. The molecule has 178 valence electrons. The smallest absolute Gasteiger partial charge is 0.272 e. The van der Waals surface area contributed by atoms with E-state index in [4.69, 9.17) is 0 Å². The topological polar surface area (TPSA) is 75.3 Å². The van der Waals surface area contributed by atoms with Gasteiger partial charge in [0.1, 0.15) is 5.70 Å². The van der Waals surface area contributed by atoms with E-state index in [0.717, 1.165) is 16.7 Å². The van der Waals surface area contributed by atoms with Gasteiger partial charge in [0.25, 0.3) is 11.8 Å². The molecule has 1 heterocycles. The van der Waals surface area contributed by atoms with Gasteiger partial charge in [-0.1, -0.05) is 48.5 Å². The number of carbonyl (C=O) groups excluding carboxylic acids is 3. The molecule has 4 aromatic rings. The summed E-state index contributed by atoms with van der Waals surface area (Å²) in [6.45, 7) is 1.93. The van der Waals surface area contributed by atoms with E-state index < -0.39 is 5.91 Å². The Morgan fingerprint density at radius 2 is 1.53 bits per heavy atom. The third-order valence-electron chi connectivity index (χ3n) is 5.41. The molecule has 3 aromatic carbocycles. The highest BCUT2D eigenvalue weighted by Gasteiger charge is 2.15. The van der Waals surface area contributed by atoms with Crippen molar-refractivity contribution in [3.8, 4) is 0 Å². The highest BCUT2D eigenvalue weighted by molar-refractivity contribution is 7.08. The van der Waals surface area contributed by atoms with Crippen LogP contribution >= 0.6 is 11.3 Å². The first-order valence-corrected chi connectivity index (χ1v) is 12.2. The molecule has 0 spiro atoms. The predicted molar refractivity (Wildman–Crippen MR) is 146 cm³/mol. The lowest BCUT2D eigenvalue weighted by Crippen LogP contribution is -2.30. The first-order valence-electron chi connectivity index (χ1n) is 11.3. The van der Waals surface area contributed by atoms with E-state index in [-0.39, 0.29) is 17.4 Å². The average Bonchev–Trinajstić information content (AvgIpc) is 3.43. The average molecular weight is 493 g/mol. The van der Waals surface area contributed by atoms with Gasteiger partial charge in [-0.3, -0.25) is 14.4 Å². The molecule has 0 radical (unpaired) electrons. The lowest BCUT2D eigenvalue weighted by molar-refractivity contribution is -0.113. The molecule has 0 saturated carbocycles. The summed E-state index contributed by atoms with van der Waals surface area (Å²) in [5, 5.41) is 9.46. The second-order valence-corrected chi connectivity index (χ2v) is 8.80. The van der Waals surface area contributed by atoms with Crippen molar-refractivity contribution in [3.63, 3.8) is 0 Å². The van der Waals surface area contributed by atoms with E-state index in [9.17, 15) is 14.4 Å². The third kappa shape index (κ3) is 6.52. The number of hydrogen-bond donors (Lipinski definition) is 2. The summed E-state index contributed by atoms with van der Waals surface area (Å²) in [4.78, 5) is 38.4. The van der Waals surface area contributed by atoms with Crippen molar-refractivity contribution in [3.05, 3.63) is 135 Å². The quantitative estimate of drug-likeness (QED) is 0.222. The van der Waals surface area contributed by atoms with Crippen LogP contribution in [0.4, 0.5) is 5.69 Å². The molecule has 0 aliphatic rings. The number of benzene rings is 3. The van der Waals surface area contributed by atoms with E-state index in [1.807, 2.05) is 54.1 Å². The van der Waals surface area contributed by atoms with Gasteiger partial charge in [0.2, 0.25) is 0 Å². The van der Waals surface area contributed by atoms with Crippen LogP contribution in [0.1, 0.15) is 37.4 Å². The molecule has 2 N–H and O–H groups in total. The number of aryl methyl sites for hydroxylation is 1. The molecule has 0 saturated heterocycles. The number of rotatable bonds is 8. The Balaban J connectivity index is 1.51. The molecule has 4 rings (SSSR count). The Labute approximate surface area is 213 Å². The van der Waals surface area contributed by atoms with Crippen LogP contribution in [0.3, 0.4) is 0 Å². The summed E-state index contributed by atoms with van der Waals surface area (Å²) < 4.78 is 0. The van der Waals surface area contributed by atoms with Crippen molar-refractivity contribution >= 4 is 46.8 Å². The van der Waals surface area contributed by atoms with Crippen LogP contribution in [0.15, 0.2) is 107 Å². The molecular weight excluding hydrogens is 468 g/mol. The lowest BCUT2D eigenvalue weighted by Gasteiger charge is -2.12. The molecule has 0 aliphatic heterocycles. The number of ketones is 1. The number of hydrogen-bond acceptors (Lipinski definition) is 4. The number of nitrogens with one attached hydrogen (secondary N) is 2. The van der Waals surface area contributed by atoms with Crippen LogP contribution in [0, 0.1) is 6.92 Å². The molecular formula is C30H24N2O3S. The molecule has 0 bridgehead atoms. The number of allylic oxidation sites excluding steroid dienone is 1. The standard InChI is InChI=1S/C30H24N2O3S/c1-21-7-5-6-10-25(21)19-27(32-29(34)24-8-3-2-4-9-24)30(35)31-26-14-12-23(13-15-26)28(33)16-11-22-17-18-36-20-22/h2-20H,1H3,(H,31,35)(H,32,34)/b16-11+,27-19-. The van der Waals surface area contributed by atoms with Crippen molar-refractivity contribution in [2.24, 2.45) is 0 Å². The normalized spacial score (nSPS) is 11.3. The Hall–Kier alpha value is -4.55. The lowest BCUT2D eigenvalue weighted by atomic mass is 10.1. The van der Waals surface area contributed by atoms with Crippen LogP contribution in [0.2, 0.25) is 0 Å². The fourth-order valence-corrected chi connectivity index (χ4v) is 4.03. The minimum absolute atomic E-state index is 0.108. The van der Waals surface area contributed by atoms with Gasteiger partial charge in [-0.25, -0.2) is 0 Å². The SMILES string of the molecule is Cc1ccccc1/C=C(\NC(=O)c1ccccc1)C(=O)Nc1ccc(C(=O)/C=C/c2ccsc2)cc1. The maximum Gasteiger partial charge on any atom is 0.272 e. The van der Waals surface area contributed by atoms with Gasteiger partial charge >= 0.3 is 0 Å². The van der Waals surface area contributed by atoms with E-state index in [1.165, 1.54) is 6.08 Å². The van der Waals surface area contributed by atoms with Gasteiger partial charge in [0.15, 0.2) is 5.78 Å². The van der Waals surface area contributed by atoms with Gasteiger partial charge in [-0.05, 0) is 89.0 Å². The van der Waals surface area contributed by atoms with E-state index >= 15 is 0 Å². The number of anilines is 1. The number of thiophene rings is 1. The van der Waals surface area contributed by atoms with Gasteiger partial charge in [-0.15, -0.1) is 0 Å². The molecule has 0 aliphatic carbocycles. The van der Waals surface area contributed by atoms with Crippen LogP contribution < -0.4 is 10.6 Å². The molecule has 0 atom stereocenters. The Morgan fingerprint density at radius 1 is 0.806 bits per heavy atom. The maximum atomic E-state index is 13.2. The van der Waals surface area contributed by atoms with E-state index in [2.05, 4.69) is 10.6 Å². The van der Waals surface area contributed by atoms with Crippen LogP contribution in [-0.4, -0.2) is 17.6 Å². The van der Waals surface area contributed by atoms with Gasteiger partial charge in [-0.2, -0.15) is 11.3 Å². The molecule has 0 unspecified atom stereocenters. The highest BCUT2D eigenvalue weighted by Crippen LogP contribution is 2.16. The molecule has 6 heteroatoms. The fourth-order valence-electron chi connectivity index (χ4n) is 3.40. The number of carbonyl (C=O) groups is 3. The molecule has 1 aromatic heterocycles. The van der Waals surface area contributed by atoms with Crippen molar-refractivity contribution < 1.29 is 14.4 Å². The van der Waals surface area contributed by atoms with Crippen molar-refractivity contribution in [1.29, 1.82) is 0 Å². The second kappa shape index (κ2) is 11.7. The molecule has 5 nitrogen and oxygen atoms in total. The minimum Gasteiger partial charge on any atom is -0.321 e. The molecule has 0 fully saturated rings. The summed E-state index contributed by atoms with van der Waals surface area (Å²) >= 11 is 1.57. The van der Waals surface area contributed by atoms with Crippen molar-refractivity contribution in [2.45, 2.75) is 6.92 Å². The summed E-state index contributed by atoms with van der Waals surface area (Å²) in [6.07, 6.45) is 4.95. The largest absolute Gasteiger partial charge is 0.321 e. The van der Waals surface area contributed by atoms with Crippen LogP contribution in [0.5, 0.6) is 0 Å². The minimum atomic E-state index is -0.473. The van der Waals surface area contributed by atoms with Crippen molar-refractivity contribution in [2.75, 3.05) is 5.32 Å². The fraction of sp³-hybridized carbons (Fsp3) is 0.0333. The van der Waals surface area contributed by atoms with Gasteiger partial charge in [0.05, 0.1) is 0 Å². The van der Waals surface area contributed by atoms with Crippen LogP contribution in [-0.2, 0) is 4.79 Å². The highest BCUT2D eigenvalue weighted by atomic mass is 32.1. The number of amides is 2. The van der Waals surface area contributed by atoms with Gasteiger partial charge in [0, 0.05) is 16.8 Å². The summed E-state index contributed by atoms with van der Waals surface area (Å²) in [5.41, 5.74) is 4.32. The Bertz CT molecular complexity index is 1420. The van der Waals surface area contributed by atoms with Crippen molar-refractivity contribution in [1.82, 2.24) is 5.32 Å². The van der Waals surface area contributed by atoms with E-state index in [1.54, 1.807) is 72.0 Å². The Morgan fingerprint density at radius 3 is 2.22 bits per heavy atom. The third-order valence-corrected chi connectivity index (χ3v) is 6.12. The second-order valence-electron chi connectivity index (χ2n) is 8.02. The Kier molecular flexibility index (Phi) is 8.01. The van der Waals surface area contributed by atoms with Crippen LogP contribution in [0.25, 0.3) is 12.2 Å². The van der Waals surface area contributed by atoms with E-state index in [0.29, 0.717) is 16.8 Å². The summed E-state index contributed by atoms with van der Waals surface area (Å²) in [7, 11) is 0. The summed E-state index contributed by atoms with van der Waals surface area (Å²) in [6, 6.07) is 24.9. The zero-order chi connectivity index (χ0) is 25.3. The monoisotopic (exact) mass is 492 g/mol.